The summed E-state index contributed by atoms with van der Waals surface area (Å²) in [4.78, 5) is 29.1. The maximum absolute atomic E-state index is 12.5. The van der Waals surface area contributed by atoms with E-state index in [1.165, 1.54) is 11.3 Å². The van der Waals surface area contributed by atoms with Crippen molar-refractivity contribution in [3.8, 4) is 16.3 Å². The second-order valence-electron chi connectivity index (χ2n) is 6.77. The van der Waals surface area contributed by atoms with Crippen LogP contribution in [0.5, 0.6) is 5.75 Å². The van der Waals surface area contributed by atoms with E-state index < -0.39 is 0 Å². The van der Waals surface area contributed by atoms with Crippen molar-refractivity contribution in [2.45, 2.75) is 19.8 Å². The van der Waals surface area contributed by atoms with Gasteiger partial charge in [0.25, 0.3) is 5.91 Å². The lowest BCUT2D eigenvalue weighted by Gasteiger charge is -2.17. The summed E-state index contributed by atoms with van der Waals surface area (Å²) in [6, 6.07) is 15.5. The minimum atomic E-state index is -0.140. The number of hydrogen-bond acceptors (Lipinski definition) is 5. The number of nitrogens with zero attached hydrogens (tertiary/aromatic N) is 1. The number of aromatic nitrogens is 1. The second-order valence-corrected chi connectivity index (χ2v) is 7.77. The monoisotopic (exact) mass is 407 g/mol. The fraction of sp³-hybridized carbons (Fsp3) is 0.227. The van der Waals surface area contributed by atoms with Crippen molar-refractivity contribution in [3.05, 3.63) is 64.7 Å². The first-order chi connectivity index (χ1) is 14.1. The molecule has 0 radical (unpaired) electrons. The molecule has 0 atom stereocenters. The molecule has 0 aliphatic carbocycles. The number of ether oxygens (including phenoxy) is 1. The molecule has 3 aromatic rings. The molecule has 0 saturated heterocycles. The minimum Gasteiger partial charge on any atom is -0.492 e. The highest BCUT2D eigenvalue weighted by molar-refractivity contribution is 7.17. The molecular weight excluding hydrogens is 386 g/mol. The average molecular weight is 407 g/mol. The summed E-state index contributed by atoms with van der Waals surface area (Å²) < 4.78 is 5.75. The van der Waals surface area contributed by atoms with Gasteiger partial charge < -0.3 is 15.4 Å². The number of rotatable bonds is 6. The van der Waals surface area contributed by atoms with Crippen LogP contribution < -0.4 is 15.4 Å². The van der Waals surface area contributed by atoms with E-state index in [2.05, 4.69) is 15.6 Å². The molecule has 6 nitrogen and oxygen atoms in total. The summed E-state index contributed by atoms with van der Waals surface area (Å²) in [5.41, 5.74) is 3.65. The van der Waals surface area contributed by atoms with E-state index in [0.717, 1.165) is 33.3 Å². The molecule has 0 saturated carbocycles. The van der Waals surface area contributed by atoms with Crippen LogP contribution in [0.15, 0.2) is 48.5 Å². The lowest BCUT2D eigenvalue weighted by atomic mass is 10.0. The zero-order chi connectivity index (χ0) is 20.2. The number of carbonyl (C=O) groups is 2. The molecular formula is C22H21N3O3S. The molecule has 1 aromatic heterocycles. The lowest BCUT2D eigenvalue weighted by Crippen LogP contribution is -2.28. The van der Waals surface area contributed by atoms with Crippen molar-refractivity contribution in [3.63, 3.8) is 0 Å². The van der Waals surface area contributed by atoms with E-state index in [4.69, 9.17) is 4.74 Å². The van der Waals surface area contributed by atoms with Crippen LogP contribution in [0.25, 0.3) is 10.6 Å². The third-order valence-electron chi connectivity index (χ3n) is 4.65. The molecule has 0 fully saturated rings. The molecule has 2 aromatic carbocycles. The van der Waals surface area contributed by atoms with E-state index in [9.17, 15) is 9.59 Å². The highest BCUT2D eigenvalue weighted by atomic mass is 32.1. The zero-order valence-electron chi connectivity index (χ0n) is 16.0. The van der Waals surface area contributed by atoms with Gasteiger partial charge >= 0.3 is 0 Å². The summed E-state index contributed by atoms with van der Waals surface area (Å²) in [7, 11) is 0. The van der Waals surface area contributed by atoms with Gasteiger partial charge in [-0.1, -0.05) is 30.3 Å². The van der Waals surface area contributed by atoms with Crippen molar-refractivity contribution < 1.29 is 14.3 Å². The predicted octanol–water partition coefficient (Wildman–Crippen LogP) is 3.81. The van der Waals surface area contributed by atoms with Crippen molar-refractivity contribution in [1.82, 2.24) is 10.3 Å². The van der Waals surface area contributed by atoms with E-state index in [1.54, 1.807) is 0 Å². The Hall–Kier alpha value is -3.19. The Balaban J connectivity index is 1.31. The number of nitrogens with one attached hydrogen (secondary N) is 2. The van der Waals surface area contributed by atoms with Crippen LogP contribution in [0.2, 0.25) is 0 Å². The van der Waals surface area contributed by atoms with E-state index in [1.807, 2.05) is 55.5 Å². The van der Waals surface area contributed by atoms with Crippen molar-refractivity contribution in [2.75, 3.05) is 18.5 Å². The minimum absolute atomic E-state index is 0.0441. The fourth-order valence-corrected chi connectivity index (χ4v) is 4.16. The maximum atomic E-state index is 12.5. The van der Waals surface area contributed by atoms with Crippen LogP contribution in [0.3, 0.4) is 0 Å². The molecule has 148 valence electrons. The Bertz CT molecular complexity index is 1050. The summed E-state index contributed by atoms with van der Waals surface area (Å²) in [5, 5.41) is 6.58. The first-order valence-electron chi connectivity index (χ1n) is 9.47. The number of carbonyl (C=O) groups excluding carboxylic acids is 2. The third kappa shape index (κ3) is 4.46. The summed E-state index contributed by atoms with van der Waals surface area (Å²) in [6.45, 7) is 2.60. The molecule has 4 rings (SSSR count). The summed E-state index contributed by atoms with van der Waals surface area (Å²) in [6.07, 6.45) is 1.20. The van der Waals surface area contributed by atoms with Crippen LogP contribution in [0.1, 0.15) is 27.3 Å². The van der Waals surface area contributed by atoms with Gasteiger partial charge in [-0.15, -0.1) is 11.3 Å². The standard InChI is InChI=1S/C22H21N3O3S/c1-14-20(29-22(24-14)15-5-3-2-4-6-15)21(27)23-11-12-28-17-8-9-18-16(13-17)7-10-19(26)25-18/h2-6,8-9,13H,7,10-12H2,1H3,(H,23,27)(H,25,26). The van der Waals surface area contributed by atoms with Crippen LogP contribution in [-0.4, -0.2) is 29.9 Å². The number of hydrogen-bond donors (Lipinski definition) is 2. The van der Waals surface area contributed by atoms with Gasteiger partial charge in [0.1, 0.15) is 22.2 Å². The normalized spacial score (nSPS) is 12.8. The van der Waals surface area contributed by atoms with Crippen LogP contribution in [0.4, 0.5) is 5.69 Å². The molecule has 0 bridgehead atoms. The Labute approximate surface area is 172 Å². The molecule has 0 unspecified atom stereocenters. The number of thiazole rings is 1. The molecule has 2 amide bonds. The maximum Gasteiger partial charge on any atom is 0.263 e. The Morgan fingerprint density at radius 3 is 2.86 bits per heavy atom. The number of anilines is 1. The number of amides is 2. The van der Waals surface area contributed by atoms with E-state index >= 15 is 0 Å². The average Bonchev–Trinajstić information content (AvgIpc) is 3.13. The largest absolute Gasteiger partial charge is 0.492 e. The van der Waals surface area contributed by atoms with Crippen molar-refractivity contribution >= 4 is 28.8 Å². The zero-order valence-corrected chi connectivity index (χ0v) is 16.8. The number of aryl methyl sites for hydroxylation is 2. The van der Waals surface area contributed by atoms with Gasteiger partial charge in [0.15, 0.2) is 0 Å². The first kappa shape index (κ1) is 19.1. The van der Waals surface area contributed by atoms with Gasteiger partial charge in [-0.3, -0.25) is 9.59 Å². The second kappa shape index (κ2) is 8.45. The first-order valence-corrected chi connectivity index (χ1v) is 10.3. The Morgan fingerprint density at radius 2 is 2.03 bits per heavy atom. The smallest absolute Gasteiger partial charge is 0.263 e. The third-order valence-corrected chi connectivity index (χ3v) is 5.86. The van der Waals surface area contributed by atoms with Crippen LogP contribution >= 0.6 is 11.3 Å². The topological polar surface area (TPSA) is 80.3 Å². The van der Waals surface area contributed by atoms with Crippen LogP contribution in [-0.2, 0) is 11.2 Å². The SMILES string of the molecule is Cc1nc(-c2ccccc2)sc1C(=O)NCCOc1ccc2c(c1)CCC(=O)N2. The summed E-state index contributed by atoms with van der Waals surface area (Å²) >= 11 is 1.39. The lowest BCUT2D eigenvalue weighted by molar-refractivity contribution is -0.116. The Kier molecular flexibility index (Phi) is 5.57. The van der Waals surface area contributed by atoms with Gasteiger partial charge in [0.05, 0.1) is 12.2 Å². The van der Waals surface area contributed by atoms with Crippen molar-refractivity contribution in [1.29, 1.82) is 0 Å². The molecule has 2 N–H and O–H groups in total. The van der Waals surface area contributed by atoms with Gasteiger partial charge in [0, 0.05) is 17.7 Å². The van der Waals surface area contributed by atoms with E-state index in [0.29, 0.717) is 30.9 Å². The molecule has 1 aliphatic heterocycles. The quantitative estimate of drug-likeness (QED) is 0.609. The number of fused-ring (bicyclic) bond motifs is 1. The molecule has 7 heteroatoms. The predicted molar refractivity (Wildman–Crippen MR) is 114 cm³/mol. The van der Waals surface area contributed by atoms with Gasteiger partial charge in [-0.2, -0.15) is 0 Å². The highest BCUT2D eigenvalue weighted by Gasteiger charge is 2.17. The van der Waals surface area contributed by atoms with Gasteiger partial charge in [-0.25, -0.2) is 4.98 Å². The summed E-state index contributed by atoms with van der Waals surface area (Å²) in [5.74, 6) is 0.635. The van der Waals surface area contributed by atoms with Gasteiger partial charge in [-0.05, 0) is 37.1 Å². The van der Waals surface area contributed by atoms with Crippen molar-refractivity contribution in [2.24, 2.45) is 0 Å². The fourth-order valence-electron chi connectivity index (χ4n) is 3.17. The molecule has 2 heterocycles. The molecule has 1 aliphatic rings. The molecule has 29 heavy (non-hydrogen) atoms. The van der Waals surface area contributed by atoms with Gasteiger partial charge in [0.2, 0.25) is 5.91 Å². The number of benzene rings is 2. The van der Waals surface area contributed by atoms with Crippen LogP contribution in [0, 0.1) is 6.92 Å². The highest BCUT2D eigenvalue weighted by Crippen LogP contribution is 2.28. The molecule has 0 spiro atoms. The van der Waals surface area contributed by atoms with E-state index in [-0.39, 0.29) is 11.8 Å². The Morgan fingerprint density at radius 1 is 1.21 bits per heavy atom.